The lowest BCUT2D eigenvalue weighted by Crippen LogP contribution is -2.48. The number of nitrogens with zero attached hydrogens (tertiary/aromatic N) is 2. The van der Waals surface area contributed by atoms with Crippen molar-refractivity contribution in [2.45, 2.75) is 59.0 Å². The molecule has 0 saturated carbocycles. The lowest BCUT2D eigenvalue weighted by atomic mass is 10.0. The fraction of sp³-hybridized carbons (Fsp3) is 0.647. The third-order valence-corrected chi connectivity index (χ3v) is 4.17. The van der Waals surface area contributed by atoms with Crippen LogP contribution >= 0.6 is 0 Å². The smallest absolute Gasteiger partial charge is 0.255 e. The Bertz CT molecular complexity index is 493. The average Bonchev–Trinajstić information content (AvgIpc) is 2.45. The number of carbonyl (C=O) groups is 1. The van der Waals surface area contributed by atoms with Crippen LogP contribution < -0.4 is 5.32 Å². The lowest BCUT2D eigenvalue weighted by molar-refractivity contribution is 0.0675. The Morgan fingerprint density at radius 2 is 2.14 bits per heavy atom. The maximum absolute atomic E-state index is 12.9. The molecule has 1 aliphatic rings. The van der Waals surface area contributed by atoms with E-state index in [1.807, 2.05) is 30.9 Å². The summed E-state index contributed by atoms with van der Waals surface area (Å²) < 4.78 is 0. The topological polar surface area (TPSA) is 45.2 Å². The van der Waals surface area contributed by atoms with Crippen LogP contribution in [0.4, 0.5) is 0 Å². The minimum Gasteiger partial charge on any atom is -0.335 e. The van der Waals surface area contributed by atoms with E-state index in [0.717, 1.165) is 36.5 Å². The second-order valence-electron chi connectivity index (χ2n) is 6.28. The highest BCUT2D eigenvalue weighted by Crippen LogP contribution is 2.15. The zero-order chi connectivity index (χ0) is 15.4. The SMILES string of the molecule is Cc1ccc(C(=O)N(CC2CCCCN2)C(C)C)c(C)n1. The summed E-state index contributed by atoms with van der Waals surface area (Å²) in [5.74, 6) is 0.0994. The molecule has 4 nitrogen and oxygen atoms in total. The molecule has 2 heterocycles. The highest BCUT2D eigenvalue weighted by molar-refractivity contribution is 5.95. The van der Waals surface area contributed by atoms with E-state index in [2.05, 4.69) is 24.1 Å². The van der Waals surface area contributed by atoms with Crippen molar-refractivity contribution < 1.29 is 4.79 Å². The van der Waals surface area contributed by atoms with Crippen LogP contribution in [0.15, 0.2) is 12.1 Å². The molecule has 2 rings (SSSR count). The number of amides is 1. The first-order valence-electron chi connectivity index (χ1n) is 7.97. The Balaban J connectivity index is 2.14. The minimum atomic E-state index is 0.0994. The molecule has 0 radical (unpaired) electrons. The third-order valence-electron chi connectivity index (χ3n) is 4.17. The van der Waals surface area contributed by atoms with Crippen molar-refractivity contribution in [3.05, 3.63) is 29.1 Å². The van der Waals surface area contributed by atoms with E-state index in [-0.39, 0.29) is 11.9 Å². The Morgan fingerprint density at radius 3 is 2.71 bits per heavy atom. The molecule has 1 unspecified atom stereocenters. The highest BCUT2D eigenvalue weighted by atomic mass is 16.2. The van der Waals surface area contributed by atoms with Gasteiger partial charge in [0, 0.05) is 24.3 Å². The van der Waals surface area contributed by atoms with Gasteiger partial charge in [0.05, 0.1) is 11.3 Å². The van der Waals surface area contributed by atoms with E-state index in [1.54, 1.807) is 0 Å². The summed E-state index contributed by atoms with van der Waals surface area (Å²) in [6.07, 6.45) is 3.65. The van der Waals surface area contributed by atoms with Crippen molar-refractivity contribution in [1.29, 1.82) is 0 Å². The first-order chi connectivity index (χ1) is 9.99. The maximum Gasteiger partial charge on any atom is 0.255 e. The van der Waals surface area contributed by atoms with E-state index < -0.39 is 0 Å². The van der Waals surface area contributed by atoms with E-state index in [9.17, 15) is 4.79 Å². The number of hydrogen-bond acceptors (Lipinski definition) is 3. The van der Waals surface area contributed by atoms with Crippen LogP contribution in [0.5, 0.6) is 0 Å². The minimum absolute atomic E-state index is 0.0994. The number of rotatable bonds is 4. The van der Waals surface area contributed by atoms with Gasteiger partial charge in [-0.2, -0.15) is 0 Å². The second-order valence-corrected chi connectivity index (χ2v) is 6.28. The molecule has 116 valence electrons. The molecule has 1 fully saturated rings. The van der Waals surface area contributed by atoms with Crippen molar-refractivity contribution in [1.82, 2.24) is 15.2 Å². The van der Waals surface area contributed by atoms with E-state index in [0.29, 0.717) is 6.04 Å². The van der Waals surface area contributed by atoms with Gasteiger partial charge in [0.2, 0.25) is 0 Å². The van der Waals surface area contributed by atoms with E-state index >= 15 is 0 Å². The van der Waals surface area contributed by atoms with Crippen LogP contribution in [-0.2, 0) is 0 Å². The summed E-state index contributed by atoms with van der Waals surface area (Å²) in [5.41, 5.74) is 2.50. The van der Waals surface area contributed by atoms with Gasteiger partial charge >= 0.3 is 0 Å². The van der Waals surface area contributed by atoms with Crippen LogP contribution in [0.2, 0.25) is 0 Å². The normalized spacial score (nSPS) is 18.8. The van der Waals surface area contributed by atoms with Crippen LogP contribution in [0.1, 0.15) is 54.9 Å². The third kappa shape index (κ3) is 4.03. The predicted molar refractivity (Wildman–Crippen MR) is 85.5 cm³/mol. The first-order valence-corrected chi connectivity index (χ1v) is 7.97. The zero-order valence-corrected chi connectivity index (χ0v) is 13.6. The number of hydrogen-bond donors (Lipinski definition) is 1. The van der Waals surface area contributed by atoms with Crippen molar-refractivity contribution in [3.8, 4) is 0 Å². The number of pyridine rings is 1. The molecule has 1 saturated heterocycles. The fourth-order valence-electron chi connectivity index (χ4n) is 2.91. The quantitative estimate of drug-likeness (QED) is 0.927. The molecule has 0 aromatic carbocycles. The fourth-order valence-corrected chi connectivity index (χ4v) is 2.91. The Kier molecular flexibility index (Phi) is 5.34. The predicted octanol–water partition coefficient (Wildman–Crippen LogP) is 2.69. The second kappa shape index (κ2) is 7.03. The summed E-state index contributed by atoms with van der Waals surface area (Å²) >= 11 is 0. The van der Waals surface area contributed by atoms with Gasteiger partial charge in [0.25, 0.3) is 5.91 Å². The van der Waals surface area contributed by atoms with Gasteiger partial charge in [-0.25, -0.2) is 0 Å². The molecule has 1 amide bonds. The largest absolute Gasteiger partial charge is 0.335 e. The van der Waals surface area contributed by atoms with E-state index in [4.69, 9.17) is 0 Å². The van der Waals surface area contributed by atoms with Gasteiger partial charge in [0.15, 0.2) is 0 Å². The van der Waals surface area contributed by atoms with Crippen LogP contribution in [0, 0.1) is 13.8 Å². The standard InChI is InChI=1S/C17H27N3O/c1-12(2)20(11-15-7-5-6-10-18-15)17(21)16-9-8-13(3)19-14(16)4/h8-9,12,15,18H,5-7,10-11H2,1-4H3. The molecule has 0 spiro atoms. The Hall–Kier alpha value is -1.42. The molecule has 0 bridgehead atoms. The van der Waals surface area contributed by atoms with Gasteiger partial charge in [-0.15, -0.1) is 0 Å². The molecule has 1 aliphatic heterocycles. The molecule has 21 heavy (non-hydrogen) atoms. The van der Waals surface area contributed by atoms with Crippen molar-refractivity contribution in [2.24, 2.45) is 0 Å². The van der Waals surface area contributed by atoms with E-state index in [1.165, 1.54) is 12.8 Å². The number of piperidine rings is 1. The Morgan fingerprint density at radius 1 is 1.38 bits per heavy atom. The molecule has 1 aromatic heterocycles. The maximum atomic E-state index is 12.9. The van der Waals surface area contributed by atoms with Gasteiger partial charge in [0.1, 0.15) is 0 Å². The van der Waals surface area contributed by atoms with Gasteiger partial charge in [-0.3, -0.25) is 9.78 Å². The van der Waals surface area contributed by atoms with Gasteiger partial charge in [-0.05, 0) is 59.2 Å². The molecule has 0 aliphatic carbocycles. The first kappa shape index (κ1) is 16.0. The summed E-state index contributed by atoms with van der Waals surface area (Å²) in [7, 11) is 0. The zero-order valence-electron chi connectivity index (χ0n) is 13.6. The van der Waals surface area contributed by atoms with Crippen LogP contribution in [-0.4, -0.2) is 41.0 Å². The summed E-state index contributed by atoms with van der Waals surface area (Å²) in [6, 6.07) is 4.44. The number of aromatic nitrogens is 1. The summed E-state index contributed by atoms with van der Waals surface area (Å²) in [5, 5.41) is 3.52. The van der Waals surface area contributed by atoms with Crippen molar-refractivity contribution in [2.75, 3.05) is 13.1 Å². The molecule has 1 aromatic rings. The monoisotopic (exact) mass is 289 g/mol. The summed E-state index contributed by atoms with van der Waals surface area (Å²) in [6.45, 7) is 9.88. The van der Waals surface area contributed by atoms with Crippen LogP contribution in [0.25, 0.3) is 0 Å². The van der Waals surface area contributed by atoms with Gasteiger partial charge < -0.3 is 10.2 Å². The molecular weight excluding hydrogens is 262 g/mol. The average molecular weight is 289 g/mol. The number of carbonyl (C=O) groups excluding carboxylic acids is 1. The van der Waals surface area contributed by atoms with Crippen LogP contribution in [0.3, 0.4) is 0 Å². The number of aryl methyl sites for hydroxylation is 2. The molecule has 1 atom stereocenters. The molecular formula is C17H27N3O. The number of nitrogens with one attached hydrogen (secondary N) is 1. The lowest BCUT2D eigenvalue weighted by Gasteiger charge is -2.33. The van der Waals surface area contributed by atoms with Crippen molar-refractivity contribution >= 4 is 5.91 Å². The summed E-state index contributed by atoms with van der Waals surface area (Å²) in [4.78, 5) is 19.2. The Labute approximate surface area is 127 Å². The molecule has 4 heteroatoms. The van der Waals surface area contributed by atoms with Crippen molar-refractivity contribution in [3.63, 3.8) is 0 Å². The highest BCUT2D eigenvalue weighted by Gasteiger charge is 2.24. The van der Waals surface area contributed by atoms with Gasteiger partial charge in [-0.1, -0.05) is 6.42 Å². The molecule has 1 N–H and O–H groups in total.